The Labute approximate surface area is 112 Å². The highest BCUT2D eigenvalue weighted by molar-refractivity contribution is 5.84. The molecule has 0 saturated carbocycles. The highest BCUT2D eigenvalue weighted by atomic mass is 16.5. The first kappa shape index (κ1) is 14.8. The second-order valence-corrected chi connectivity index (χ2v) is 4.06. The van der Waals surface area contributed by atoms with E-state index in [-0.39, 0.29) is 31.4 Å². The number of hydrogen-bond acceptors (Lipinski definition) is 4. The van der Waals surface area contributed by atoms with E-state index in [0.29, 0.717) is 11.4 Å². The normalized spacial score (nSPS) is 9.79. The Morgan fingerprint density at radius 1 is 1.37 bits per heavy atom. The molecule has 0 radical (unpaired) electrons. The monoisotopic (exact) mass is 265 g/mol. The lowest BCUT2D eigenvalue weighted by molar-refractivity contribution is -0.134. The molecule has 6 heteroatoms. The summed E-state index contributed by atoms with van der Waals surface area (Å²) in [6.45, 7) is 0.272. The summed E-state index contributed by atoms with van der Waals surface area (Å²) in [7, 11) is 3.11. The van der Waals surface area contributed by atoms with Gasteiger partial charge in [0.05, 0.1) is 25.3 Å². The van der Waals surface area contributed by atoms with Crippen LogP contribution in [-0.4, -0.2) is 44.0 Å². The fraction of sp³-hybridized carbons (Fsp3) is 0.385. The Kier molecular flexibility index (Phi) is 5.66. The van der Waals surface area contributed by atoms with Gasteiger partial charge in [-0.1, -0.05) is 12.1 Å². The van der Waals surface area contributed by atoms with Crippen LogP contribution < -0.4 is 15.8 Å². The van der Waals surface area contributed by atoms with Gasteiger partial charge in [-0.3, -0.25) is 9.59 Å². The summed E-state index contributed by atoms with van der Waals surface area (Å²) in [5.74, 6) is 0.200. The molecule has 0 aliphatic heterocycles. The number of carbonyl (C=O) groups excluding carboxylic acids is 2. The molecule has 0 saturated heterocycles. The molecule has 0 aliphatic rings. The topological polar surface area (TPSA) is 84.7 Å². The first-order valence-electron chi connectivity index (χ1n) is 5.96. The smallest absolute Gasteiger partial charge is 0.239 e. The zero-order valence-corrected chi connectivity index (χ0v) is 11.2. The van der Waals surface area contributed by atoms with Crippen molar-refractivity contribution in [3.05, 3.63) is 24.3 Å². The van der Waals surface area contributed by atoms with Gasteiger partial charge in [0.25, 0.3) is 0 Å². The van der Waals surface area contributed by atoms with Gasteiger partial charge < -0.3 is 20.7 Å². The van der Waals surface area contributed by atoms with Crippen LogP contribution in [0.2, 0.25) is 0 Å². The molecule has 104 valence electrons. The van der Waals surface area contributed by atoms with Gasteiger partial charge in [0.15, 0.2) is 0 Å². The summed E-state index contributed by atoms with van der Waals surface area (Å²) in [6.07, 6.45) is 0.196. The van der Waals surface area contributed by atoms with E-state index >= 15 is 0 Å². The number of para-hydroxylation sites is 2. The van der Waals surface area contributed by atoms with E-state index in [1.54, 1.807) is 19.2 Å². The maximum atomic E-state index is 11.7. The molecule has 1 rings (SSSR count). The van der Waals surface area contributed by atoms with Crippen molar-refractivity contribution < 1.29 is 14.3 Å². The van der Waals surface area contributed by atoms with E-state index in [1.165, 1.54) is 11.9 Å². The summed E-state index contributed by atoms with van der Waals surface area (Å²) < 4.78 is 5.42. The number of benzene rings is 1. The molecule has 0 aliphatic carbocycles. The molecule has 3 N–H and O–H groups in total. The van der Waals surface area contributed by atoms with Gasteiger partial charge in [-0.05, 0) is 12.1 Å². The lowest BCUT2D eigenvalue weighted by atomic mass is 10.3. The minimum atomic E-state index is -0.205. The third-order valence-corrected chi connectivity index (χ3v) is 2.58. The average Bonchev–Trinajstić information content (AvgIpc) is 2.40. The third-order valence-electron chi connectivity index (χ3n) is 2.58. The van der Waals surface area contributed by atoms with Crippen molar-refractivity contribution in [1.29, 1.82) is 0 Å². The molecule has 6 nitrogen and oxygen atoms in total. The summed E-state index contributed by atoms with van der Waals surface area (Å²) in [5.41, 5.74) is 6.24. The van der Waals surface area contributed by atoms with Crippen molar-refractivity contribution in [2.24, 2.45) is 0 Å². The van der Waals surface area contributed by atoms with Crippen LogP contribution in [0.3, 0.4) is 0 Å². The van der Waals surface area contributed by atoms with Crippen LogP contribution in [0.25, 0.3) is 0 Å². The molecular formula is C13H19N3O3. The van der Waals surface area contributed by atoms with Crippen LogP contribution in [0, 0.1) is 0 Å². The molecule has 0 aromatic heterocycles. The molecule has 0 bridgehead atoms. The molecular weight excluding hydrogens is 246 g/mol. The highest BCUT2D eigenvalue weighted by Gasteiger charge is 2.12. The molecule has 0 spiro atoms. The van der Waals surface area contributed by atoms with Crippen LogP contribution in [-0.2, 0) is 9.59 Å². The second kappa shape index (κ2) is 7.25. The first-order chi connectivity index (χ1) is 9.04. The van der Waals surface area contributed by atoms with Gasteiger partial charge in [-0.15, -0.1) is 0 Å². The van der Waals surface area contributed by atoms with Gasteiger partial charge >= 0.3 is 0 Å². The molecule has 1 aromatic carbocycles. The number of carbonyl (C=O) groups is 2. The summed E-state index contributed by atoms with van der Waals surface area (Å²) in [5, 5.41) is 2.46. The van der Waals surface area contributed by atoms with Gasteiger partial charge in [0.2, 0.25) is 11.8 Å². The van der Waals surface area contributed by atoms with Crippen LogP contribution >= 0.6 is 0 Å². The van der Waals surface area contributed by atoms with E-state index in [2.05, 4.69) is 5.32 Å². The van der Waals surface area contributed by atoms with E-state index in [4.69, 9.17) is 10.5 Å². The van der Waals surface area contributed by atoms with Crippen molar-refractivity contribution >= 4 is 17.5 Å². The van der Waals surface area contributed by atoms with Crippen molar-refractivity contribution in [3.63, 3.8) is 0 Å². The Morgan fingerprint density at radius 3 is 2.68 bits per heavy atom. The predicted octanol–water partition coefficient (Wildman–Crippen LogP) is 0.242. The number of nitrogens with two attached hydrogens (primary N) is 1. The largest absolute Gasteiger partial charge is 0.491 e. The number of amides is 2. The number of ether oxygens (including phenoxy) is 1. The second-order valence-electron chi connectivity index (χ2n) is 4.06. The molecule has 0 fully saturated rings. The maximum Gasteiger partial charge on any atom is 0.239 e. The fourth-order valence-electron chi connectivity index (χ4n) is 1.43. The Morgan fingerprint density at radius 2 is 2.05 bits per heavy atom. The van der Waals surface area contributed by atoms with Crippen LogP contribution in [0.1, 0.15) is 6.42 Å². The van der Waals surface area contributed by atoms with Crippen LogP contribution in [0.5, 0.6) is 5.75 Å². The van der Waals surface area contributed by atoms with Gasteiger partial charge in [0, 0.05) is 14.1 Å². The minimum absolute atomic E-state index is 0.0445. The van der Waals surface area contributed by atoms with Gasteiger partial charge in [0.1, 0.15) is 5.75 Å². The van der Waals surface area contributed by atoms with E-state index in [0.717, 1.165) is 0 Å². The van der Waals surface area contributed by atoms with Crippen LogP contribution in [0.4, 0.5) is 5.69 Å². The van der Waals surface area contributed by atoms with Crippen LogP contribution in [0.15, 0.2) is 24.3 Å². The van der Waals surface area contributed by atoms with Gasteiger partial charge in [-0.25, -0.2) is 0 Å². The number of nitrogens with zero attached hydrogens (tertiary/aromatic N) is 1. The lowest BCUT2D eigenvalue weighted by Gasteiger charge is -2.16. The van der Waals surface area contributed by atoms with E-state index in [1.807, 2.05) is 12.1 Å². The standard InChI is InChI=1S/C13H19N3O3/c1-15-12(17)9-16(2)13(18)7-8-19-11-6-4-3-5-10(11)14/h3-6H,7-9,14H2,1-2H3,(H,15,17). The van der Waals surface area contributed by atoms with E-state index in [9.17, 15) is 9.59 Å². The molecule has 2 amide bonds. The molecule has 1 aromatic rings. The fourth-order valence-corrected chi connectivity index (χ4v) is 1.43. The highest BCUT2D eigenvalue weighted by Crippen LogP contribution is 2.19. The summed E-state index contributed by atoms with van der Waals surface area (Å²) in [4.78, 5) is 24.2. The first-order valence-corrected chi connectivity index (χ1v) is 5.96. The number of likely N-dealkylation sites (N-methyl/N-ethyl adjacent to an activating group) is 2. The van der Waals surface area contributed by atoms with Crippen molar-refractivity contribution in [3.8, 4) is 5.75 Å². The average molecular weight is 265 g/mol. The van der Waals surface area contributed by atoms with Gasteiger partial charge in [-0.2, -0.15) is 0 Å². The number of hydrogen-bond donors (Lipinski definition) is 2. The molecule has 19 heavy (non-hydrogen) atoms. The van der Waals surface area contributed by atoms with Crippen molar-refractivity contribution in [1.82, 2.24) is 10.2 Å². The zero-order chi connectivity index (χ0) is 14.3. The molecule has 0 unspecified atom stereocenters. The quantitative estimate of drug-likeness (QED) is 0.722. The predicted molar refractivity (Wildman–Crippen MR) is 72.7 cm³/mol. The minimum Gasteiger partial charge on any atom is -0.491 e. The maximum absolute atomic E-state index is 11.7. The zero-order valence-electron chi connectivity index (χ0n) is 11.2. The summed E-state index contributed by atoms with van der Waals surface area (Å²) >= 11 is 0. The van der Waals surface area contributed by atoms with Crippen molar-refractivity contribution in [2.45, 2.75) is 6.42 Å². The number of rotatable bonds is 6. The number of nitrogens with one attached hydrogen (secondary N) is 1. The third kappa shape index (κ3) is 4.87. The van der Waals surface area contributed by atoms with Crippen molar-refractivity contribution in [2.75, 3.05) is 33.0 Å². The molecule has 0 atom stereocenters. The number of anilines is 1. The summed E-state index contributed by atoms with van der Waals surface area (Å²) in [6, 6.07) is 7.10. The Balaban J connectivity index is 2.35. The lowest BCUT2D eigenvalue weighted by Crippen LogP contribution is -2.37. The molecule has 0 heterocycles. The Bertz CT molecular complexity index is 449. The Hall–Kier alpha value is -2.24. The SMILES string of the molecule is CNC(=O)CN(C)C(=O)CCOc1ccccc1N. The number of nitrogen functional groups attached to an aromatic ring is 1. The van der Waals surface area contributed by atoms with E-state index < -0.39 is 0 Å².